The summed E-state index contributed by atoms with van der Waals surface area (Å²) in [7, 11) is 0. The SMILES string of the molecule is Nc1ccc(-c2cnc(NC(=O)Cc3ccc(O)cc3)c(-c3ccc(O)cc3)n2)cc1. The second kappa shape index (κ2) is 8.54. The Labute approximate surface area is 178 Å². The minimum Gasteiger partial charge on any atom is -0.508 e. The molecule has 0 fully saturated rings. The number of anilines is 2. The van der Waals surface area contributed by atoms with Crippen molar-refractivity contribution in [3.8, 4) is 34.0 Å². The van der Waals surface area contributed by atoms with Crippen molar-refractivity contribution in [2.75, 3.05) is 11.1 Å². The molecule has 7 heteroatoms. The van der Waals surface area contributed by atoms with Gasteiger partial charge < -0.3 is 21.3 Å². The van der Waals surface area contributed by atoms with Crippen LogP contribution in [0.3, 0.4) is 0 Å². The fourth-order valence-electron chi connectivity index (χ4n) is 3.07. The quantitative estimate of drug-likeness (QED) is 0.368. The molecule has 0 spiro atoms. The summed E-state index contributed by atoms with van der Waals surface area (Å²) in [5, 5.41) is 21.8. The Balaban J connectivity index is 1.67. The highest BCUT2D eigenvalue weighted by molar-refractivity contribution is 5.94. The summed E-state index contributed by atoms with van der Waals surface area (Å²) in [6.45, 7) is 0. The van der Waals surface area contributed by atoms with Gasteiger partial charge in [-0.3, -0.25) is 4.79 Å². The summed E-state index contributed by atoms with van der Waals surface area (Å²) < 4.78 is 0. The van der Waals surface area contributed by atoms with Gasteiger partial charge in [0, 0.05) is 16.8 Å². The molecule has 0 saturated heterocycles. The van der Waals surface area contributed by atoms with Gasteiger partial charge in [-0.2, -0.15) is 0 Å². The van der Waals surface area contributed by atoms with Crippen LogP contribution >= 0.6 is 0 Å². The van der Waals surface area contributed by atoms with Crippen LogP contribution in [0.25, 0.3) is 22.5 Å². The second-order valence-electron chi connectivity index (χ2n) is 7.01. The first-order valence-electron chi connectivity index (χ1n) is 9.58. The Morgan fingerprint density at radius 1 is 0.839 bits per heavy atom. The molecule has 0 aliphatic rings. The molecule has 0 aliphatic heterocycles. The number of phenolic OH excluding ortho intramolecular Hbond substituents is 2. The van der Waals surface area contributed by atoms with Crippen LogP contribution in [0.1, 0.15) is 5.56 Å². The number of carbonyl (C=O) groups excluding carboxylic acids is 1. The molecule has 0 bridgehead atoms. The van der Waals surface area contributed by atoms with Crippen LogP contribution in [0, 0.1) is 0 Å². The minimum absolute atomic E-state index is 0.122. The molecular weight excluding hydrogens is 392 g/mol. The van der Waals surface area contributed by atoms with E-state index in [1.54, 1.807) is 54.7 Å². The number of nitrogen functional groups attached to an aromatic ring is 1. The minimum atomic E-state index is -0.264. The lowest BCUT2D eigenvalue weighted by molar-refractivity contribution is -0.115. The molecule has 0 radical (unpaired) electrons. The second-order valence-corrected chi connectivity index (χ2v) is 7.01. The predicted molar refractivity (Wildman–Crippen MR) is 119 cm³/mol. The Morgan fingerprint density at radius 3 is 2.06 bits per heavy atom. The van der Waals surface area contributed by atoms with Crippen molar-refractivity contribution >= 4 is 17.4 Å². The van der Waals surface area contributed by atoms with E-state index in [4.69, 9.17) is 10.7 Å². The van der Waals surface area contributed by atoms with Crippen LogP contribution in [0.4, 0.5) is 11.5 Å². The molecule has 1 heterocycles. The number of nitrogens with two attached hydrogens (primary N) is 1. The summed E-state index contributed by atoms with van der Waals surface area (Å²) in [6.07, 6.45) is 1.71. The van der Waals surface area contributed by atoms with Crippen LogP contribution in [-0.2, 0) is 11.2 Å². The van der Waals surface area contributed by atoms with E-state index >= 15 is 0 Å². The van der Waals surface area contributed by atoms with E-state index in [2.05, 4.69) is 10.3 Å². The molecule has 1 aromatic heterocycles. The van der Waals surface area contributed by atoms with Crippen molar-refractivity contribution in [3.05, 3.63) is 84.6 Å². The number of phenols is 2. The van der Waals surface area contributed by atoms with E-state index in [1.165, 1.54) is 12.1 Å². The third kappa shape index (κ3) is 4.79. The zero-order chi connectivity index (χ0) is 21.8. The number of benzene rings is 3. The molecule has 0 atom stereocenters. The number of nitrogens with one attached hydrogen (secondary N) is 1. The molecule has 31 heavy (non-hydrogen) atoms. The van der Waals surface area contributed by atoms with E-state index in [0.717, 1.165) is 11.1 Å². The van der Waals surface area contributed by atoms with Gasteiger partial charge in [-0.05, 0) is 54.1 Å². The Bertz CT molecular complexity index is 1210. The van der Waals surface area contributed by atoms with Gasteiger partial charge in [-0.25, -0.2) is 9.97 Å². The number of hydrogen-bond donors (Lipinski definition) is 4. The van der Waals surface area contributed by atoms with Crippen molar-refractivity contribution < 1.29 is 15.0 Å². The van der Waals surface area contributed by atoms with Gasteiger partial charge in [0.1, 0.15) is 17.2 Å². The maximum Gasteiger partial charge on any atom is 0.230 e. The first kappa shape index (κ1) is 19.9. The summed E-state index contributed by atoms with van der Waals surface area (Å²) in [4.78, 5) is 21.8. The average molecular weight is 412 g/mol. The van der Waals surface area contributed by atoms with Crippen LogP contribution in [-0.4, -0.2) is 26.1 Å². The van der Waals surface area contributed by atoms with Gasteiger partial charge in [-0.1, -0.05) is 24.3 Å². The standard InChI is InChI=1S/C24H20N4O3/c25-18-7-3-16(4-8-18)21-14-26-24(23(27-21)17-5-11-20(30)12-6-17)28-22(31)13-15-1-9-19(29)10-2-15/h1-12,14,29-30H,13,25H2,(H,26,28,31). The first-order valence-corrected chi connectivity index (χ1v) is 9.58. The maximum atomic E-state index is 12.6. The van der Waals surface area contributed by atoms with E-state index in [-0.39, 0.29) is 23.8 Å². The van der Waals surface area contributed by atoms with E-state index < -0.39 is 0 Å². The lowest BCUT2D eigenvalue weighted by Crippen LogP contribution is -2.16. The fourth-order valence-corrected chi connectivity index (χ4v) is 3.07. The first-order chi connectivity index (χ1) is 15.0. The molecule has 0 aliphatic carbocycles. The van der Waals surface area contributed by atoms with Crippen LogP contribution in [0.15, 0.2) is 79.0 Å². The number of hydrogen-bond acceptors (Lipinski definition) is 6. The van der Waals surface area contributed by atoms with Gasteiger partial charge in [0.15, 0.2) is 5.82 Å². The summed E-state index contributed by atoms with van der Waals surface area (Å²) >= 11 is 0. The lowest BCUT2D eigenvalue weighted by Gasteiger charge is -2.12. The summed E-state index contributed by atoms with van der Waals surface area (Å²) in [5.74, 6) is 0.320. The molecule has 154 valence electrons. The molecule has 0 saturated carbocycles. The summed E-state index contributed by atoms with van der Waals surface area (Å²) in [6, 6.07) is 20.2. The predicted octanol–water partition coefficient (Wildman–Crippen LogP) is 3.99. The third-order valence-electron chi connectivity index (χ3n) is 4.68. The monoisotopic (exact) mass is 412 g/mol. The van der Waals surface area contributed by atoms with E-state index in [1.807, 2.05) is 12.1 Å². The highest BCUT2D eigenvalue weighted by Crippen LogP contribution is 2.29. The Morgan fingerprint density at radius 2 is 1.42 bits per heavy atom. The van der Waals surface area contributed by atoms with Crippen molar-refractivity contribution in [2.24, 2.45) is 0 Å². The zero-order valence-corrected chi connectivity index (χ0v) is 16.5. The normalized spacial score (nSPS) is 10.6. The lowest BCUT2D eigenvalue weighted by atomic mass is 10.1. The van der Waals surface area contributed by atoms with Gasteiger partial charge in [0.2, 0.25) is 5.91 Å². The highest BCUT2D eigenvalue weighted by atomic mass is 16.3. The van der Waals surface area contributed by atoms with Crippen molar-refractivity contribution in [3.63, 3.8) is 0 Å². The fraction of sp³-hybridized carbons (Fsp3) is 0.0417. The van der Waals surface area contributed by atoms with Gasteiger partial charge in [0.05, 0.1) is 18.3 Å². The van der Waals surface area contributed by atoms with Crippen LogP contribution in [0.2, 0.25) is 0 Å². The van der Waals surface area contributed by atoms with Crippen molar-refractivity contribution in [2.45, 2.75) is 6.42 Å². The summed E-state index contributed by atoms with van der Waals surface area (Å²) in [5.41, 5.74) is 9.81. The number of aromatic hydroxyl groups is 2. The average Bonchev–Trinajstić information content (AvgIpc) is 2.77. The van der Waals surface area contributed by atoms with Crippen molar-refractivity contribution in [1.29, 1.82) is 0 Å². The largest absolute Gasteiger partial charge is 0.508 e. The Hall–Kier alpha value is -4.39. The van der Waals surface area contributed by atoms with Gasteiger partial charge in [0.25, 0.3) is 0 Å². The molecule has 7 nitrogen and oxygen atoms in total. The van der Waals surface area contributed by atoms with Crippen LogP contribution in [0.5, 0.6) is 11.5 Å². The third-order valence-corrected chi connectivity index (χ3v) is 4.68. The number of carbonyl (C=O) groups is 1. The molecule has 4 rings (SSSR count). The number of aromatic nitrogens is 2. The number of nitrogens with zero attached hydrogens (tertiary/aromatic N) is 2. The topological polar surface area (TPSA) is 121 Å². The smallest absolute Gasteiger partial charge is 0.230 e. The van der Waals surface area contributed by atoms with Gasteiger partial charge in [-0.15, -0.1) is 0 Å². The molecular formula is C24H20N4O3. The van der Waals surface area contributed by atoms with Crippen LogP contribution < -0.4 is 11.1 Å². The molecule has 1 amide bonds. The number of rotatable bonds is 5. The Kier molecular flexibility index (Phi) is 5.49. The highest BCUT2D eigenvalue weighted by Gasteiger charge is 2.14. The van der Waals surface area contributed by atoms with E-state index in [9.17, 15) is 15.0 Å². The molecule has 0 unspecified atom stereocenters. The zero-order valence-electron chi connectivity index (χ0n) is 16.5. The number of amides is 1. The molecule has 4 aromatic rings. The molecule has 5 N–H and O–H groups in total. The maximum absolute atomic E-state index is 12.6. The van der Waals surface area contributed by atoms with Crippen molar-refractivity contribution in [1.82, 2.24) is 9.97 Å². The van der Waals surface area contributed by atoms with E-state index in [0.29, 0.717) is 28.5 Å². The van der Waals surface area contributed by atoms with Gasteiger partial charge >= 0.3 is 0 Å². The molecule has 3 aromatic carbocycles.